The summed E-state index contributed by atoms with van der Waals surface area (Å²) < 4.78 is 5.23. The van der Waals surface area contributed by atoms with Crippen LogP contribution in [0.4, 0.5) is 0 Å². The summed E-state index contributed by atoms with van der Waals surface area (Å²) in [6, 6.07) is -0.107. The lowest BCUT2D eigenvalue weighted by Crippen LogP contribution is -2.42. The Morgan fingerprint density at radius 1 is 1.39 bits per heavy atom. The van der Waals surface area contributed by atoms with Crippen molar-refractivity contribution in [3.05, 3.63) is 0 Å². The number of rotatable bonds is 4. The van der Waals surface area contributed by atoms with Gasteiger partial charge in [-0.15, -0.1) is 0 Å². The zero-order chi connectivity index (χ0) is 13.0. The Kier molecular flexibility index (Phi) is 4.97. The molecule has 0 bridgehead atoms. The second kappa shape index (κ2) is 6.50. The Morgan fingerprint density at radius 2 is 2.11 bits per heavy atom. The molecule has 0 aromatic heterocycles. The summed E-state index contributed by atoms with van der Waals surface area (Å²) in [5, 5.41) is 15.6. The predicted octanol–water partition coefficient (Wildman–Crippen LogP) is 0.0306. The number of methoxy groups -OCH3 is 1. The molecule has 5 nitrogen and oxygen atoms in total. The highest BCUT2D eigenvalue weighted by Gasteiger charge is 2.29. The Balaban J connectivity index is 1.66. The standard InChI is InChI=1S/C13H24N2O3/c1-18-11-6-12(14-8-11)13(17)15-7-9-2-4-10(16)5-3-9/h9-12,14,16H,2-8H2,1H3,(H,15,17). The van der Waals surface area contributed by atoms with Gasteiger partial charge in [0.1, 0.15) is 0 Å². The lowest BCUT2D eigenvalue weighted by molar-refractivity contribution is -0.123. The molecule has 104 valence electrons. The zero-order valence-corrected chi connectivity index (χ0v) is 11.0. The molecule has 0 aromatic carbocycles. The molecule has 5 heteroatoms. The topological polar surface area (TPSA) is 70.6 Å². The Hall–Kier alpha value is -0.650. The molecule has 0 spiro atoms. The number of aliphatic hydroxyl groups excluding tert-OH is 1. The lowest BCUT2D eigenvalue weighted by atomic mass is 9.87. The van der Waals surface area contributed by atoms with E-state index in [0.717, 1.165) is 45.2 Å². The number of amides is 1. The van der Waals surface area contributed by atoms with Crippen LogP contribution in [0.1, 0.15) is 32.1 Å². The van der Waals surface area contributed by atoms with Crippen molar-refractivity contribution in [3.63, 3.8) is 0 Å². The monoisotopic (exact) mass is 256 g/mol. The number of aliphatic hydroxyl groups is 1. The van der Waals surface area contributed by atoms with Crippen molar-refractivity contribution in [2.45, 2.75) is 50.4 Å². The third-order valence-corrected chi connectivity index (χ3v) is 4.12. The smallest absolute Gasteiger partial charge is 0.237 e. The van der Waals surface area contributed by atoms with Crippen LogP contribution in [-0.2, 0) is 9.53 Å². The lowest BCUT2D eigenvalue weighted by Gasteiger charge is -2.25. The highest BCUT2D eigenvalue weighted by molar-refractivity contribution is 5.82. The van der Waals surface area contributed by atoms with Gasteiger partial charge in [0, 0.05) is 20.2 Å². The van der Waals surface area contributed by atoms with Crippen LogP contribution in [-0.4, -0.2) is 49.5 Å². The second-order valence-electron chi connectivity index (χ2n) is 5.47. The van der Waals surface area contributed by atoms with E-state index in [2.05, 4.69) is 10.6 Å². The van der Waals surface area contributed by atoms with Gasteiger partial charge in [0.25, 0.3) is 0 Å². The highest BCUT2D eigenvalue weighted by atomic mass is 16.5. The Labute approximate surface area is 108 Å². The van der Waals surface area contributed by atoms with Gasteiger partial charge in [-0.3, -0.25) is 4.79 Å². The summed E-state index contributed by atoms with van der Waals surface area (Å²) in [4.78, 5) is 11.9. The van der Waals surface area contributed by atoms with Crippen molar-refractivity contribution < 1.29 is 14.6 Å². The molecule has 0 radical (unpaired) electrons. The van der Waals surface area contributed by atoms with E-state index in [-0.39, 0.29) is 24.2 Å². The van der Waals surface area contributed by atoms with Gasteiger partial charge in [0.2, 0.25) is 5.91 Å². The predicted molar refractivity (Wildman–Crippen MR) is 68.2 cm³/mol. The summed E-state index contributed by atoms with van der Waals surface area (Å²) >= 11 is 0. The van der Waals surface area contributed by atoms with E-state index in [9.17, 15) is 9.90 Å². The number of hydrogen-bond donors (Lipinski definition) is 3. The van der Waals surface area contributed by atoms with E-state index in [1.807, 2.05) is 0 Å². The van der Waals surface area contributed by atoms with Gasteiger partial charge in [-0.1, -0.05) is 0 Å². The minimum absolute atomic E-state index is 0.0840. The highest BCUT2D eigenvalue weighted by Crippen LogP contribution is 2.23. The van der Waals surface area contributed by atoms with Crippen molar-refractivity contribution in [1.29, 1.82) is 0 Å². The van der Waals surface area contributed by atoms with E-state index < -0.39 is 0 Å². The summed E-state index contributed by atoms with van der Waals surface area (Å²) in [7, 11) is 1.68. The molecule has 2 unspecified atom stereocenters. The third kappa shape index (κ3) is 3.67. The van der Waals surface area contributed by atoms with E-state index in [1.165, 1.54) is 0 Å². The molecule has 2 fully saturated rings. The van der Waals surface area contributed by atoms with Gasteiger partial charge in [-0.05, 0) is 38.0 Å². The molecular formula is C13H24N2O3. The van der Waals surface area contributed by atoms with Gasteiger partial charge >= 0.3 is 0 Å². The molecule has 18 heavy (non-hydrogen) atoms. The Morgan fingerprint density at radius 3 is 2.72 bits per heavy atom. The van der Waals surface area contributed by atoms with E-state index in [0.29, 0.717) is 5.92 Å². The van der Waals surface area contributed by atoms with Gasteiger partial charge in [-0.2, -0.15) is 0 Å². The maximum atomic E-state index is 11.9. The maximum absolute atomic E-state index is 11.9. The van der Waals surface area contributed by atoms with E-state index in [1.54, 1.807) is 7.11 Å². The number of ether oxygens (including phenoxy) is 1. The molecule has 1 aliphatic heterocycles. The van der Waals surface area contributed by atoms with Crippen molar-refractivity contribution in [2.75, 3.05) is 20.2 Å². The fourth-order valence-electron chi connectivity index (χ4n) is 2.80. The van der Waals surface area contributed by atoms with Gasteiger partial charge in [-0.25, -0.2) is 0 Å². The molecule has 1 amide bonds. The van der Waals surface area contributed by atoms with Crippen LogP contribution in [0.3, 0.4) is 0 Å². The molecule has 2 aliphatic rings. The fourth-order valence-corrected chi connectivity index (χ4v) is 2.80. The maximum Gasteiger partial charge on any atom is 0.237 e. The van der Waals surface area contributed by atoms with Crippen LogP contribution in [0.5, 0.6) is 0 Å². The molecule has 3 N–H and O–H groups in total. The van der Waals surface area contributed by atoms with Crippen LogP contribution in [0, 0.1) is 5.92 Å². The van der Waals surface area contributed by atoms with Crippen molar-refractivity contribution in [3.8, 4) is 0 Å². The second-order valence-corrected chi connectivity index (χ2v) is 5.47. The van der Waals surface area contributed by atoms with E-state index >= 15 is 0 Å². The van der Waals surface area contributed by atoms with Crippen molar-refractivity contribution in [2.24, 2.45) is 5.92 Å². The van der Waals surface area contributed by atoms with Gasteiger partial charge < -0.3 is 20.5 Å². The summed E-state index contributed by atoms with van der Waals surface area (Å²) in [5.74, 6) is 0.609. The average Bonchev–Trinajstić information content (AvgIpc) is 2.86. The number of hydrogen-bond acceptors (Lipinski definition) is 4. The van der Waals surface area contributed by atoms with Gasteiger partial charge in [0.05, 0.1) is 18.2 Å². The fraction of sp³-hybridized carbons (Fsp3) is 0.923. The molecular weight excluding hydrogens is 232 g/mol. The first-order valence-electron chi connectivity index (χ1n) is 6.91. The summed E-state index contributed by atoms with van der Waals surface area (Å²) in [5.41, 5.74) is 0. The first-order valence-corrected chi connectivity index (χ1v) is 6.91. The third-order valence-electron chi connectivity index (χ3n) is 4.12. The minimum Gasteiger partial charge on any atom is -0.393 e. The van der Waals surface area contributed by atoms with Crippen LogP contribution in [0.25, 0.3) is 0 Å². The molecule has 1 heterocycles. The largest absolute Gasteiger partial charge is 0.393 e. The minimum atomic E-state index is -0.129. The summed E-state index contributed by atoms with van der Waals surface area (Å²) in [6.45, 7) is 1.49. The Bertz CT molecular complexity index is 277. The number of carbonyl (C=O) groups excluding carboxylic acids is 1. The quantitative estimate of drug-likeness (QED) is 0.664. The first kappa shape index (κ1) is 13.8. The SMILES string of the molecule is COC1CNC(C(=O)NCC2CCC(O)CC2)C1. The summed E-state index contributed by atoms with van der Waals surface area (Å²) in [6.07, 6.45) is 4.55. The molecule has 2 rings (SSSR count). The number of nitrogens with one attached hydrogen (secondary N) is 2. The first-order chi connectivity index (χ1) is 8.69. The van der Waals surface area contributed by atoms with Crippen LogP contribution in [0.15, 0.2) is 0 Å². The van der Waals surface area contributed by atoms with Gasteiger partial charge in [0.15, 0.2) is 0 Å². The van der Waals surface area contributed by atoms with Crippen LogP contribution in [0.2, 0.25) is 0 Å². The zero-order valence-electron chi connectivity index (χ0n) is 11.0. The van der Waals surface area contributed by atoms with Crippen molar-refractivity contribution >= 4 is 5.91 Å². The van der Waals surface area contributed by atoms with Crippen LogP contribution < -0.4 is 10.6 Å². The van der Waals surface area contributed by atoms with Crippen molar-refractivity contribution in [1.82, 2.24) is 10.6 Å². The molecule has 1 saturated carbocycles. The number of carbonyl (C=O) groups is 1. The van der Waals surface area contributed by atoms with Crippen LogP contribution >= 0.6 is 0 Å². The molecule has 1 aliphatic carbocycles. The normalized spacial score (nSPS) is 36.6. The van der Waals surface area contributed by atoms with E-state index in [4.69, 9.17) is 4.74 Å². The average molecular weight is 256 g/mol. The molecule has 2 atom stereocenters. The molecule has 1 saturated heterocycles. The molecule has 0 aromatic rings.